The van der Waals surface area contributed by atoms with Crippen LogP contribution in [0.2, 0.25) is 0 Å². The largest absolute Gasteiger partial charge is 0.339 e. The monoisotopic (exact) mass is 1920 g/mol. The van der Waals surface area contributed by atoms with E-state index < -0.39 is 37.3 Å². The first-order valence-corrected chi connectivity index (χ1v) is 48.1. The Bertz CT molecular complexity index is 4750. The van der Waals surface area contributed by atoms with Crippen molar-refractivity contribution in [1.82, 2.24) is 0 Å². The molecule has 0 saturated carbocycles. The standard InChI is InChI=1S/C68H76O16.2C14H15N.2C2H3N.2F6P/c1-65-45-9-5-6-10-46(45)66(2)51-39-59-57(37-49(51)65)77-29-21-69-13-15-73-25-33-81-61-41-53-55(43-63(61)83-35-27-75-19-17-71-23-31-79-59)68(4)48-12-8-7-11-47(48)67(53,3)54-42-62-64(44-56(54)68)84-36-28-76-20-18-72-24-32-80-60-40-52(66)50(65)38-58(60)78-30-22-70-14-16-74-26-34-82-62;2*1-3-7-13(8-4-1)11-15-12-14-9-5-2-6-10-14;2*1-2-3;2*1-7(2,3,4,5)6/h5-12,37-44H,13-36H2,1-4H3;2*1-10,15H,11-12H2;2*1H3;;/q;;;;;2*-1/p+2. The molecule has 4 N–H and O–H groups in total. The first-order valence-electron chi connectivity index (χ1n) is 44.0. The minimum atomic E-state index is -10.7. The summed E-state index contributed by atoms with van der Waals surface area (Å²) in [5.74, 6) is 4.96. The molecule has 2 heterocycles. The number of hydrogen-bond acceptors (Lipinski definition) is 18. The van der Waals surface area contributed by atoms with Crippen molar-refractivity contribution >= 4 is 15.6 Å². The van der Waals surface area contributed by atoms with Crippen molar-refractivity contribution in [2.75, 3.05) is 159 Å². The third kappa shape index (κ3) is 29.6. The number of quaternary nitrogens is 2. The molecule has 134 heavy (non-hydrogen) atoms. The normalized spacial score (nSPS) is 21.0. The van der Waals surface area contributed by atoms with Crippen LogP contribution in [-0.2, 0) is 85.7 Å². The zero-order valence-corrected chi connectivity index (χ0v) is 77.4. The Morgan fingerprint density at radius 1 is 0.224 bits per heavy atom. The molecular formula is C100H114F12N4O16P2. The van der Waals surface area contributed by atoms with E-state index in [4.69, 9.17) is 86.3 Å². The van der Waals surface area contributed by atoms with Crippen molar-refractivity contribution in [3.8, 4) is 58.1 Å². The molecule has 0 spiro atoms. The van der Waals surface area contributed by atoms with E-state index >= 15 is 0 Å². The van der Waals surface area contributed by atoms with Crippen molar-refractivity contribution in [3.63, 3.8) is 0 Å². The minimum Gasteiger partial charge on any atom is -0.339 e. The van der Waals surface area contributed by atoms with Crippen LogP contribution >= 0.6 is 15.6 Å². The van der Waals surface area contributed by atoms with E-state index in [2.05, 4.69) is 257 Å². The van der Waals surface area contributed by atoms with Gasteiger partial charge in [-0.15, -0.1) is 0 Å². The molecule has 20 nitrogen and oxygen atoms in total. The average molecular weight is 1920 g/mol. The van der Waals surface area contributed by atoms with Gasteiger partial charge in [-0.2, -0.15) is 10.5 Å². The fraction of sp³-hybridized carbons (Fsp3) is 0.380. The van der Waals surface area contributed by atoms with Crippen LogP contribution in [0.4, 0.5) is 50.4 Å². The quantitative estimate of drug-likeness (QED) is 0.106. The molecule has 0 aromatic heterocycles. The summed E-state index contributed by atoms with van der Waals surface area (Å²) in [6.45, 7) is 24.2. The first kappa shape index (κ1) is 104. The first-order chi connectivity index (χ1) is 63.9. The number of hydrogen-bond donors (Lipinski definition) is 2. The molecule has 0 fully saturated rings. The van der Waals surface area contributed by atoms with Crippen LogP contribution in [0.1, 0.15) is 131 Å². The number of fused-ring (bicyclic) bond motifs is 4. The van der Waals surface area contributed by atoms with Crippen molar-refractivity contribution < 1.29 is 137 Å². The van der Waals surface area contributed by atoms with E-state index in [1.807, 2.05) is 0 Å². The Labute approximate surface area is 772 Å². The van der Waals surface area contributed by atoms with Crippen LogP contribution in [0.5, 0.6) is 46.0 Å². The minimum absolute atomic E-state index is 0.286. The molecule has 0 saturated heterocycles. The number of nitrogens with two attached hydrogens (primary N) is 2. The van der Waals surface area contributed by atoms with Gasteiger partial charge in [0.25, 0.3) is 0 Å². The van der Waals surface area contributed by atoms with Gasteiger partial charge in [0.05, 0.1) is 118 Å². The van der Waals surface area contributed by atoms with E-state index in [1.165, 1.54) is 58.4 Å². The SMILES string of the molecule is CC#N.CC#N.CC12c3ccccc3C3(C)c4cc5c(cc41)OCCOCCOCCOc1cc4c(cc1OCCOCCOCCO5)C1(C)c5ccccc5C4(C)c4cc5c(cc41)OCCOCCOCCOc1cc3c2cc1OCCOCCOCCO5.F[P-](F)(F)(F)(F)F.F[P-](F)(F)(F)(F)F.c1ccc(C[NH2+]Cc2ccccc2)cc1.c1ccc(C[NH2+]Cc2ccccc2)cc1. The topological polar surface area (TPSA) is 228 Å². The van der Waals surface area contributed by atoms with Gasteiger partial charge in [0.1, 0.15) is 79.0 Å². The molecule has 0 amide bonds. The van der Waals surface area contributed by atoms with Crippen molar-refractivity contribution in [1.29, 1.82) is 10.5 Å². The van der Waals surface area contributed by atoms with Gasteiger partial charge in [-0.3, -0.25) is 0 Å². The Kier molecular flexibility index (Phi) is 35.0. The Morgan fingerprint density at radius 2 is 0.343 bits per heavy atom. The van der Waals surface area contributed by atoms with E-state index in [9.17, 15) is 50.4 Å². The predicted octanol–water partition coefficient (Wildman–Crippen LogP) is 21.0. The number of nitrogens with zero attached hydrogens (tertiary/aromatic N) is 2. The van der Waals surface area contributed by atoms with Gasteiger partial charge in [-0.05, 0) is 143 Å². The van der Waals surface area contributed by atoms with E-state index in [0.29, 0.717) is 152 Å². The van der Waals surface area contributed by atoms with Crippen LogP contribution in [0.15, 0.2) is 218 Å². The third-order valence-corrected chi connectivity index (χ3v) is 22.9. The van der Waals surface area contributed by atoms with Gasteiger partial charge in [0, 0.05) is 57.8 Å². The zero-order chi connectivity index (χ0) is 96.1. The predicted molar refractivity (Wildman–Crippen MR) is 486 cm³/mol. The molecule has 4 bridgehead atoms. The summed E-state index contributed by atoms with van der Waals surface area (Å²) in [6, 6.07) is 80.5. The maximum Gasteiger partial charge on any atom is 0.101 e. The summed E-state index contributed by atoms with van der Waals surface area (Å²) in [5.41, 5.74) is 16.8. The molecule has 2 aliphatic heterocycles. The van der Waals surface area contributed by atoms with E-state index in [1.54, 1.807) is 12.1 Å². The molecule has 10 aromatic carbocycles. The van der Waals surface area contributed by atoms with Crippen LogP contribution in [-0.4, -0.2) is 159 Å². The summed E-state index contributed by atoms with van der Waals surface area (Å²) >= 11 is 0. The second-order valence-electron chi connectivity index (χ2n) is 32.4. The van der Waals surface area contributed by atoms with Gasteiger partial charge in [0.2, 0.25) is 0 Å². The smallest absolute Gasteiger partial charge is 0.101 e. The third-order valence-electron chi connectivity index (χ3n) is 22.9. The molecule has 10 aromatic rings. The Hall–Kier alpha value is -10.8. The van der Waals surface area contributed by atoms with E-state index in [0.717, 1.165) is 70.7 Å². The molecular weight excluding hydrogens is 1800 g/mol. The second-order valence-corrected chi connectivity index (χ2v) is 36.2. The van der Waals surface area contributed by atoms with Gasteiger partial charge in [0.15, 0.2) is 46.0 Å². The Balaban J connectivity index is 0.000000278. The number of halogens is 12. The Morgan fingerprint density at radius 3 is 0.478 bits per heavy atom. The van der Waals surface area contributed by atoms with Crippen molar-refractivity contribution in [2.24, 2.45) is 0 Å². The van der Waals surface area contributed by atoms with Crippen LogP contribution in [0.3, 0.4) is 0 Å². The van der Waals surface area contributed by atoms with Crippen LogP contribution < -0.4 is 48.5 Å². The summed E-state index contributed by atoms with van der Waals surface area (Å²) < 4.78 is 221. The molecule has 34 heteroatoms. The van der Waals surface area contributed by atoms with Crippen LogP contribution in [0.25, 0.3) is 0 Å². The zero-order valence-electron chi connectivity index (χ0n) is 75.6. The summed E-state index contributed by atoms with van der Waals surface area (Å²) in [6.07, 6.45) is 0. The van der Waals surface area contributed by atoms with Crippen molar-refractivity contribution in [2.45, 2.75) is 89.4 Å². The summed E-state index contributed by atoms with van der Waals surface area (Å²) in [5, 5.41) is 19.3. The van der Waals surface area contributed by atoms with Gasteiger partial charge < -0.3 is 86.4 Å². The maximum atomic E-state index is 9.87. The average Bonchev–Trinajstić information content (AvgIpc) is 0.665. The fourth-order valence-electron chi connectivity index (χ4n) is 17.1. The van der Waals surface area contributed by atoms with Gasteiger partial charge in [-0.1, -0.05) is 170 Å². The van der Waals surface area contributed by atoms with Crippen molar-refractivity contribution in [3.05, 3.63) is 307 Å². The number of nitriles is 2. The fourth-order valence-corrected chi connectivity index (χ4v) is 17.1. The van der Waals surface area contributed by atoms with Gasteiger partial charge in [-0.25, -0.2) is 0 Å². The van der Waals surface area contributed by atoms with E-state index in [-0.39, 0.29) is 52.9 Å². The molecule has 8 aliphatic rings. The molecule has 0 radical (unpaired) electrons. The second kappa shape index (κ2) is 45.2. The number of benzene rings is 10. The molecule has 0 unspecified atom stereocenters. The molecule has 0 atom stereocenters. The summed E-state index contributed by atoms with van der Waals surface area (Å²) in [4.78, 5) is 0. The van der Waals surface area contributed by atoms with Crippen LogP contribution in [0, 0.1) is 22.7 Å². The maximum absolute atomic E-state index is 10.7. The number of rotatable bonds is 8. The van der Waals surface area contributed by atoms with Gasteiger partial charge >= 0.3 is 66.0 Å². The number of ether oxygens (including phenoxy) is 16. The molecule has 6 aliphatic carbocycles. The summed E-state index contributed by atoms with van der Waals surface area (Å²) in [7, 11) is -21.3. The molecule has 724 valence electrons. The molecule has 18 rings (SSSR count).